The maximum absolute atomic E-state index is 12.5. The molecule has 0 aliphatic rings. The molecule has 0 atom stereocenters. The summed E-state index contributed by atoms with van der Waals surface area (Å²) in [5, 5.41) is 1.15. The van der Waals surface area contributed by atoms with E-state index in [-0.39, 0.29) is 24.6 Å². The zero-order chi connectivity index (χ0) is 20.5. The van der Waals surface area contributed by atoms with Gasteiger partial charge in [0, 0.05) is 17.4 Å². The Bertz CT molecular complexity index is 1030. The molecule has 1 heterocycles. The zero-order valence-corrected chi connectivity index (χ0v) is 16.0. The first kappa shape index (κ1) is 20.4. The SMILES string of the molecule is CCOC(=O)c1cc2cc(OC(F)(F)F)ccc2n1Cc1ccc(Cl)c(Cl)c1. The lowest BCUT2D eigenvalue weighted by atomic mass is 10.2. The second-order valence-corrected chi connectivity index (χ2v) is 6.67. The number of rotatable bonds is 5. The lowest BCUT2D eigenvalue weighted by molar-refractivity contribution is -0.274. The van der Waals surface area contributed by atoms with Crippen LogP contribution in [0.25, 0.3) is 10.9 Å². The van der Waals surface area contributed by atoms with Crippen LogP contribution in [0.4, 0.5) is 13.2 Å². The molecule has 0 N–H and O–H groups in total. The van der Waals surface area contributed by atoms with Gasteiger partial charge in [-0.25, -0.2) is 4.79 Å². The summed E-state index contributed by atoms with van der Waals surface area (Å²) >= 11 is 12.0. The zero-order valence-electron chi connectivity index (χ0n) is 14.5. The number of fused-ring (bicyclic) bond motifs is 1. The molecule has 0 aliphatic heterocycles. The van der Waals surface area contributed by atoms with Gasteiger partial charge in [-0.1, -0.05) is 29.3 Å². The minimum absolute atomic E-state index is 0.162. The van der Waals surface area contributed by atoms with Crippen molar-refractivity contribution in [1.29, 1.82) is 0 Å². The summed E-state index contributed by atoms with van der Waals surface area (Å²) < 4.78 is 48.1. The highest BCUT2D eigenvalue weighted by molar-refractivity contribution is 6.42. The summed E-state index contributed by atoms with van der Waals surface area (Å²) in [4.78, 5) is 12.4. The van der Waals surface area contributed by atoms with Gasteiger partial charge in [0.15, 0.2) is 0 Å². The van der Waals surface area contributed by atoms with Crippen molar-refractivity contribution < 1.29 is 27.4 Å². The molecular formula is C19H14Cl2F3NO3. The van der Waals surface area contributed by atoms with Gasteiger partial charge in [-0.2, -0.15) is 0 Å². The van der Waals surface area contributed by atoms with Gasteiger partial charge in [0.25, 0.3) is 0 Å². The summed E-state index contributed by atoms with van der Waals surface area (Å²) in [5.41, 5.74) is 1.50. The lowest BCUT2D eigenvalue weighted by Crippen LogP contribution is -2.17. The Labute approximate surface area is 168 Å². The van der Waals surface area contributed by atoms with Crippen LogP contribution >= 0.6 is 23.2 Å². The van der Waals surface area contributed by atoms with Crippen LogP contribution in [0, 0.1) is 0 Å². The van der Waals surface area contributed by atoms with Crippen LogP contribution < -0.4 is 4.74 Å². The lowest BCUT2D eigenvalue weighted by Gasteiger charge is -2.12. The molecule has 28 heavy (non-hydrogen) atoms. The first-order chi connectivity index (χ1) is 13.2. The average molecular weight is 432 g/mol. The van der Waals surface area contributed by atoms with Gasteiger partial charge in [0.05, 0.1) is 16.7 Å². The molecule has 3 rings (SSSR count). The number of hydrogen-bond acceptors (Lipinski definition) is 3. The molecule has 0 saturated heterocycles. The number of benzene rings is 2. The molecule has 0 fully saturated rings. The average Bonchev–Trinajstić information content (AvgIpc) is 2.95. The highest BCUT2D eigenvalue weighted by Crippen LogP contribution is 2.30. The van der Waals surface area contributed by atoms with Crippen molar-refractivity contribution in [2.45, 2.75) is 19.8 Å². The molecule has 9 heteroatoms. The third-order valence-electron chi connectivity index (χ3n) is 3.92. The van der Waals surface area contributed by atoms with E-state index in [1.54, 1.807) is 29.7 Å². The molecular weight excluding hydrogens is 418 g/mol. The van der Waals surface area contributed by atoms with E-state index in [1.807, 2.05) is 0 Å². The molecule has 4 nitrogen and oxygen atoms in total. The Hall–Kier alpha value is -2.38. The van der Waals surface area contributed by atoms with Crippen LogP contribution in [0.15, 0.2) is 42.5 Å². The van der Waals surface area contributed by atoms with Crippen molar-refractivity contribution >= 4 is 40.1 Å². The Morgan fingerprint density at radius 3 is 2.46 bits per heavy atom. The van der Waals surface area contributed by atoms with E-state index in [0.717, 1.165) is 5.56 Å². The largest absolute Gasteiger partial charge is 0.573 e. The highest BCUT2D eigenvalue weighted by Gasteiger charge is 2.31. The molecule has 0 bridgehead atoms. The molecule has 0 amide bonds. The molecule has 2 aromatic carbocycles. The Morgan fingerprint density at radius 2 is 1.82 bits per heavy atom. The normalized spacial score (nSPS) is 11.6. The summed E-state index contributed by atoms with van der Waals surface area (Å²) in [6, 6.07) is 10.4. The predicted molar refractivity (Wildman–Crippen MR) is 100 cm³/mol. The number of alkyl halides is 3. The molecule has 0 unspecified atom stereocenters. The number of hydrogen-bond donors (Lipinski definition) is 0. The van der Waals surface area contributed by atoms with Gasteiger partial charge in [-0.05, 0) is 48.9 Å². The van der Waals surface area contributed by atoms with Crippen LogP contribution in [-0.4, -0.2) is 23.5 Å². The second-order valence-electron chi connectivity index (χ2n) is 5.85. The number of carbonyl (C=O) groups excluding carboxylic acids is 1. The van der Waals surface area contributed by atoms with Gasteiger partial charge in [-0.3, -0.25) is 0 Å². The van der Waals surface area contributed by atoms with E-state index >= 15 is 0 Å². The van der Waals surface area contributed by atoms with Gasteiger partial charge < -0.3 is 14.0 Å². The first-order valence-electron chi connectivity index (χ1n) is 8.18. The fraction of sp³-hybridized carbons (Fsp3) is 0.211. The van der Waals surface area contributed by atoms with Crippen molar-refractivity contribution in [3.63, 3.8) is 0 Å². The number of halogens is 5. The van der Waals surface area contributed by atoms with Crippen LogP contribution in [0.3, 0.4) is 0 Å². The summed E-state index contributed by atoms with van der Waals surface area (Å²) in [7, 11) is 0. The van der Waals surface area contributed by atoms with Crippen molar-refractivity contribution in [2.24, 2.45) is 0 Å². The maximum atomic E-state index is 12.5. The molecule has 0 aliphatic carbocycles. The fourth-order valence-corrected chi connectivity index (χ4v) is 3.13. The van der Waals surface area contributed by atoms with Crippen molar-refractivity contribution in [1.82, 2.24) is 4.57 Å². The number of nitrogens with zero attached hydrogens (tertiary/aromatic N) is 1. The number of carbonyl (C=O) groups is 1. The third-order valence-corrected chi connectivity index (χ3v) is 4.65. The predicted octanol–water partition coefficient (Wildman–Crippen LogP) is 6.07. The Kier molecular flexibility index (Phi) is 5.76. The quantitative estimate of drug-likeness (QED) is 0.460. The van der Waals surface area contributed by atoms with Gasteiger partial charge in [-0.15, -0.1) is 13.2 Å². The summed E-state index contributed by atoms with van der Waals surface area (Å²) in [6.07, 6.45) is -4.81. The van der Waals surface area contributed by atoms with Gasteiger partial charge in [0.2, 0.25) is 0 Å². The van der Waals surface area contributed by atoms with E-state index in [2.05, 4.69) is 4.74 Å². The van der Waals surface area contributed by atoms with Crippen LogP contribution in [0.2, 0.25) is 10.0 Å². The fourth-order valence-electron chi connectivity index (χ4n) is 2.81. The number of esters is 1. The molecule has 148 valence electrons. The smallest absolute Gasteiger partial charge is 0.461 e. The van der Waals surface area contributed by atoms with Crippen LogP contribution in [-0.2, 0) is 11.3 Å². The van der Waals surface area contributed by atoms with Crippen molar-refractivity contribution in [3.05, 3.63) is 63.8 Å². The highest BCUT2D eigenvalue weighted by atomic mass is 35.5. The monoisotopic (exact) mass is 431 g/mol. The Balaban J connectivity index is 2.07. The second kappa shape index (κ2) is 7.93. The number of ether oxygens (including phenoxy) is 2. The standard InChI is InChI=1S/C19H14Cl2F3NO3/c1-2-27-18(26)17-9-12-8-13(28-19(22,23)24)4-6-16(12)25(17)10-11-3-5-14(20)15(21)7-11/h3-9H,2,10H2,1H3. The molecule has 1 aromatic heterocycles. The van der Waals surface area contributed by atoms with Crippen LogP contribution in [0.1, 0.15) is 23.0 Å². The van der Waals surface area contributed by atoms with Gasteiger partial charge in [0.1, 0.15) is 11.4 Å². The van der Waals surface area contributed by atoms with E-state index in [9.17, 15) is 18.0 Å². The minimum atomic E-state index is -4.81. The Morgan fingerprint density at radius 1 is 1.07 bits per heavy atom. The van der Waals surface area contributed by atoms with Crippen molar-refractivity contribution in [3.8, 4) is 5.75 Å². The molecule has 0 radical (unpaired) electrons. The number of aromatic nitrogens is 1. The van der Waals surface area contributed by atoms with E-state index in [4.69, 9.17) is 27.9 Å². The van der Waals surface area contributed by atoms with Crippen LogP contribution in [0.5, 0.6) is 5.75 Å². The molecule has 0 spiro atoms. The van der Waals surface area contributed by atoms with E-state index in [0.29, 0.717) is 20.9 Å². The topological polar surface area (TPSA) is 40.5 Å². The van der Waals surface area contributed by atoms with Crippen molar-refractivity contribution in [2.75, 3.05) is 6.61 Å². The summed E-state index contributed by atoms with van der Waals surface area (Å²) in [6.45, 7) is 2.07. The summed E-state index contributed by atoms with van der Waals surface area (Å²) in [5.74, 6) is -0.959. The van der Waals surface area contributed by atoms with Gasteiger partial charge >= 0.3 is 12.3 Å². The molecule has 0 saturated carbocycles. The third kappa shape index (κ3) is 4.54. The van der Waals surface area contributed by atoms with E-state index in [1.165, 1.54) is 24.3 Å². The maximum Gasteiger partial charge on any atom is 0.573 e. The van der Waals surface area contributed by atoms with E-state index < -0.39 is 12.3 Å². The molecule has 3 aromatic rings. The minimum Gasteiger partial charge on any atom is -0.461 e. The first-order valence-corrected chi connectivity index (χ1v) is 8.93.